The van der Waals surface area contributed by atoms with Crippen molar-refractivity contribution in [2.24, 2.45) is 0 Å². The highest BCUT2D eigenvalue weighted by Crippen LogP contribution is 2.46. The number of hydrogen-bond acceptors (Lipinski definition) is 6. The molecule has 144 valence electrons. The highest BCUT2D eigenvalue weighted by atomic mass is 32.2. The van der Waals surface area contributed by atoms with Gasteiger partial charge in [-0.15, -0.1) is 11.3 Å². The summed E-state index contributed by atoms with van der Waals surface area (Å²) in [6, 6.07) is 8.40. The normalized spacial score (nSPS) is 22.9. The molecular weight excluding hydrogens is 397 g/mol. The zero-order valence-electron chi connectivity index (χ0n) is 15.2. The maximum Gasteiger partial charge on any atom is 0.212 e. The molecule has 0 saturated carbocycles. The van der Waals surface area contributed by atoms with E-state index in [9.17, 15) is 12.8 Å². The number of likely N-dealkylation sites (tertiary alicyclic amines) is 1. The lowest BCUT2D eigenvalue weighted by molar-refractivity contribution is 0.327. The van der Waals surface area contributed by atoms with E-state index >= 15 is 0 Å². The van der Waals surface area contributed by atoms with Crippen LogP contribution in [-0.2, 0) is 16.4 Å². The number of rotatable bonds is 3. The van der Waals surface area contributed by atoms with Crippen LogP contribution >= 0.6 is 11.3 Å². The molecule has 1 saturated heterocycles. The summed E-state index contributed by atoms with van der Waals surface area (Å²) in [5, 5.41) is -0.405. The third-order valence-electron chi connectivity index (χ3n) is 5.73. The van der Waals surface area contributed by atoms with Crippen molar-refractivity contribution in [1.29, 1.82) is 0 Å². The number of benzene rings is 1. The van der Waals surface area contributed by atoms with Crippen molar-refractivity contribution in [3.05, 3.63) is 64.1 Å². The highest BCUT2D eigenvalue weighted by molar-refractivity contribution is 7.92. The first-order valence-electron chi connectivity index (χ1n) is 9.04. The molecule has 0 amide bonds. The predicted molar refractivity (Wildman–Crippen MR) is 105 cm³/mol. The molecule has 0 spiro atoms. The third-order valence-corrected chi connectivity index (χ3v) is 8.91. The number of thiazole rings is 1. The minimum Gasteiger partial charge on any atom is -0.296 e. The number of fused-ring (bicyclic) bond motifs is 3. The summed E-state index contributed by atoms with van der Waals surface area (Å²) in [6.07, 6.45) is 1.48. The maximum atomic E-state index is 13.1. The van der Waals surface area contributed by atoms with Gasteiger partial charge in [-0.1, -0.05) is 6.07 Å². The van der Waals surface area contributed by atoms with E-state index in [1.54, 1.807) is 29.5 Å². The molecule has 28 heavy (non-hydrogen) atoms. The van der Waals surface area contributed by atoms with Crippen molar-refractivity contribution in [2.45, 2.75) is 29.5 Å². The van der Waals surface area contributed by atoms with Gasteiger partial charge in [-0.25, -0.2) is 18.4 Å². The molecule has 1 fully saturated rings. The minimum atomic E-state index is -3.34. The van der Waals surface area contributed by atoms with E-state index in [-0.39, 0.29) is 5.92 Å². The Hall–Kier alpha value is -2.16. The zero-order valence-corrected chi connectivity index (χ0v) is 16.8. The summed E-state index contributed by atoms with van der Waals surface area (Å²) >= 11 is 1.61. The van der Waals surface area contributed by atoms with Crippen molar-refractivity contribution in [1.82, 2.24) is 14.9 Å². The van der Waals surface area contributed by atoms with Crippen LogP contribution in [0.3, 0.4) is 0 Å². The second-order valence-corrected chi connectivity index (χ2v) is 10.4. The van der Waals surface area contributed by atoms with Crippen LogP contribution in [-0.4, -0.2) is 41.6 Å². The number of hydrogen-bond donors (Lipinski definition) is 0. The fourth-order valence-electron chi connectivity index (χ4n) is 4.26. The fourth-order valence-corrected chi connectivity index (χ4v) is 7.28. The second kappa shape index (κ2) is 6.43. The molecule has 5 nitrogen and oxygen atoms in total. The van der Waals surface area contributed by atoms with Crippen LogP contribution in [0.2, 0.25) is 0 Å². The van der Waals surface area contributed by atoms with Gasteiger partial charge in [0.25, 0.3) is 0 Å². The van der Waals surface area contributed by atoms with E-state index in [1.165, 1.54) is 17.1 Å². The summed E-state index contributed by atoms with van der Waals surface area (Å²) in [6.45, 7) is 3.96. The van der Waals surface area contributed by atoms with Gasteiger partial charge in [-0.2, -0.15) is 4.39 Å². The lowest BCUT2D eigenvalue weighted by atomic mass is 9.95. The van der Waals surface area contributed by atoms with E-state index in [1.807, 2.05) is 18.5 Å². The van der Waals surface area contributed by atoms with Crippen LogP contribution in [0.25, 0.3) is 11.1 Å². The SMILES string of the molecule is Cc1ncsc1CN1CC2c3cc(-c4ccc(F)nc4)ccc3S(=O)(=O)C2C1. The van der Waals surface area contributed by atoms with Crippen molar-refractivity contribution in [3.8, 4) is 11.1 Å². The molecule has 0 aliphatic carbocycles. The second-order valence-electron chi connectivity index (χ2n) is 7.37. The van der Waals surface area contributed by atoms with Crippen LogP contribution in [0.15, 0.2) is 46.9 Å². The minimum absolute atomic E-state index is 0.0402. The molecular formula is C20H18FN3O2S2. The molecule has 0 radical (unpaired) electrons. The average molecular weight is 416 g/mol. The van der Waals surface area contributed by atoms with Crippen LogP contribution < -0.4 is 0 Å². The summed E-state index contributed by atoms with van der Waals surface area (Å²) in [7, 11) is -3.34. The Morgan fingerprint density at radius 2 is 2.00 bits per heavy atom. The first-order chi connectivity index (χ1) is 13.4. The number of aryl methyl sites for hydroxylation is 1. The Morgan fingerprint density at radius 1 is 1.18 bits per heavy atom. The summed E-state index contributed by atoms with van der Waals surface area (Å²) in [4.78, 5) is 11.8. The highest BCUT2D eigenvalue weighted by Gasteiger charge is 2.50. The van der Waals surface area contributed by atoms with Gasteiger partial charge in [0.2, 0.25) is 5.95 Å². The zero-order chi connectivity index (χ0) is 19.5. The monoisotopic (exact) mass is 415 g/mol. The quantitative estimate of drug-likeness (QED) is 0.614. The smallest absolute Gasteiger partial charge is 0.212 e. The van der Waals surface area contributed by atoms with Gasteiger partial charge in [0.15, 0.2) is 9.84 Å². The molecule has 3 aromatic rings. The Labute approximate surface area is 166 Å². The third kappa shape index (κ3) is 2.78. The van der Waals surface area contributed by atoms with Gasteiger partial charge in [-0.05, 0) is 42.3 Å². The topological polar surface area (TPSA) is 63.2 Å². The van der Waals surface area contributed by atoms with Gasteiger partial charge in [0.1, 0.15) is 0 Å². The predicted octanol–water partition coefficient (Wildman–Crippen LogP) is 3.41. The van der Waals surface area contributed by atoms with E-state index < -0.39 is 21.0 Å². The van der Waals surface area contributed by atoms with E-state index in [4.69, 9.17) is 0 Å². The number of pyridine rings is 1. The first kappa shape index (κ1) is 17.9. The van der Waals surface area contributed by atoms with Gasteiger partial charge >= 0.3 is 0 Å². The molecule has 0 N–H and O–H groups in total. The maximum absolute atomic E-state index is 13.1. The summed E-state index contributed by atoms with van der Waals surface area (Å²) in [5.41, 5.74) is 5.35. The van der Waals surface area contributed by atoms with E-state index in [0.29, 0.717) is 18.0 Å². The number of aromatic nitrogens is 2. The summed E-state index contributed by atoms with van der Waals surface area (Å²) in [5.74, 6) is -0.570. The van der Waals surface area contributed by atoms with Gasteiger partial charge in [0.05, 0.1) is 21.3 Å². The Bertz CT molecular complexity index is 1160. The molecule has 5 rings (SSSR count). The molecule has 2 unspecified atom stereocenters. The Morgan fingerprint density at radius 3 is 2.71 bits per heavy atom. The van der Waals surface area contributed by atoms with Crippen LogP contribution in [0.5, 0.6) is 0 Å². The Kier molecular flexibility index (Phi) is 4.12. The average Bonchev–Trinajstić information content (AvgIpc) is 3.33. The molecule has 8 heteroatoms. The molecule has 4 heterocycles. The first-order valence-corrected chi connectivity index (χ1v) is 11.5. The van der Waals surface area contributed by atoms with E-state index in [0.717, 1.165) is 28.9 Å². The van der Waals surface area contributed by atoms with Crippen molar-refractivity contribution in [3.63, 3.8) is 0 Å². The lowest BCUT2D eigenvalue weighted by Crippen LogP contribution is -2.25. The van der Waals surface area contributed by atoms with E-state index in [2.05, 4.69) is 14.9 Å². The molecule has 2 aromatic heterocycles. The van der Waals surface area contributed by atoms with Crippen molar-refractivity contribution >= 4 is 21.2 Å². The standard InChI is InChI=1S/C20H18FN3O2S2/c1-12-17(27-11-23-12)9-24-8-16-15-6-13(14-3-5-20(21)22-7-14)2-4-18(15)28(25,26)19(16)10-24/h2-7,11,16,19H,8-10H2,1H3. The van der Waals surface area contributed by atoms with Crippen LogP contribution in [0, 0.1) is 12.9 Å². The van der Waals surface area contributed by atoms with Crippen LogP contribution in [0.1, 0.15) is 22.1 Å². The van der Waals surface area contributed by atoms with Crippen molar-refractivity contribution < 1.29 is 12.8 Å². The molecule has 0 bridgehead atoms. The molecule has 2 aliphatic rings. The van der Waals surface area contributed by atoms with Gasteiger partial charge < -0.3 is 0 Å². The number of halogens is 1. The van der Waals surface area contributed by atoms with Gasteiger partial charge in [-0.3, -0.25) is 4.90 Å². The molecule has 2 aliphatic heterocycles. The van der Waals surface area contributed by atoms with Crippen molar-refractivity contribution in [2.75, 3.05) is 13.1 Å². The van der Waals surface area contributed by atoms with Crippen LogP contribution in [0.4, 0.5) is 4.39 Å². The number of nitrogens with zero attached hydrogens (tertiary/aromatic N) is 3. The molecule has 2 atom stereocenters. The largest absolute Gasteiger partial charge is 0.296 e. The Balaban J connectivity index is 1.49. The lowest BCUT2D eigenvalue weighted by Gasteiger charge is -2.17. The fraction of sp³-hybridized carbons (Fsp3) is 0.300. The molecule has 1 aromatic carbocycles. The number of sulfone groups is 1. The van der Waals surface area contributed by atoms with Gasteiger partial charge in [0, 0.05) is 42.2 Å². The summed E-state index contributed by atoms with van der Waals surface area (Å²) < 4.78 is 39.3.